The Bertz CT molecular complexity index is 628. The number of hydrogen-bond acceptors (Lipinski definition) is 4. The molecule has 0 radical (unpaired) electrons. The first kappa shape index (κ1) is 13.2. The third-order valence-corrected chi connectivity index (χ3v) is 3.15. The summed E-state index contributed by atoms with van der Waals surface area (Å²) < 4.78 is 0. The van der Waals surface area contributed by atoms with E-state index in [0.29, 0.717) is 6.42 Å². The fourth-order valence-corrected chi connectivity index (χ4v) is 2.25. The van der Waals surface area contributed by atoms with Crippen LogP contribution in [0.25, 0.3) is 10.9 Å². The van der Waals surface area contributed by atoms with Crippen LogP contribution in [0, 0.1) is 18.3 Å². The van der Waals surface area contributed by atoms with E-state index in [4.69, 9.17) is 11.0 Å². The summed E-state index contributed by atoms with van der Waals surface area (Å²) in [6, 6.07) is 10.0. The molecule has 1 aromatic heterocycles. The lowest BCUT2D eigenvalue weighted by Gasteiger charge is -2.24. The highest BCUT2D eigenvalue weighted by Crippen LogP contribution is 2.28. The Hall–Kier alpha value is -2.28. The Morgan fingerprint density at radius 2 is 2.16 bits per heavy atom. The Balaban J connectivity index is 2.56. The van der Waals surface area contributed by atoms with Crippen LogP contribution in [-0.2, 0) is 0 Å². The van der Waals surface area contributed by atoms with Crippen LogP contribution in [0.5, 0.6) is 0 Å². The van der Waals surface area contributed by atoms with Crippen molar-refractivity contribution in [2.45, 2.75) is 20.3 Å². The van der Waals surface area contributed by atoms with Gasteiger partial charge < -0.3 is 10.6 Å². The van der Waals surface area contributed by atoms with Gasteiger partial charge >= 0.3 is 0 Å². The molecule has 0 aliphatic heterocycles. The molecule has 4 nitrogen and oxygen atoms in total. The molecule has 0 saturated carbocycles. The average Bonchev–Trinajstić information content (AvgIpc) is 2.40. The normalized spacial score (nSPS) is 10.4. The van der Waals surface area contributed by atoms with E-state index in [2.05, 4.69) is 28.9 Å². The van der Waals surface area contributed by atoms with Gasteiger partial charge in [0.1, 0.15) is 0 Å². The summed E-state index contributed by atoms with van der Waals surface area (Å²) in [6.07, 6.45) is 0.513. The summed E-state index contributed by atoms with van der Waals surface area (Å²) >= 11 is 0. The first-order valence-electron chi connectivity index (χ1n) is 6.44. The van der Waals surface area contributed by atoms with Gasteiger partial charge in [-0.25, -0.2) is 0 Å². The molecule has 0 fully saturated rings. The molecule has 19 heavy (non-hydrogen) atoms. The summed E-state index contributed by atoms with van der Waals surface area (Å²) in [7, 11) is 0. The lowest BCUT2D eigenvalue weighted by molar-refractivity contribution is 0.829. The zero-order valence-corrected chi connectivity index (χ0v) is 11.3. The summed E-state index contributed by atoms with van der Waals surface area (Å²) in [6.45, 7) is 5.65. The predicted octanol–water partition coefficient (Wildman–Crippen LogP) is 2.87. The molecule has 2 N–H and O–H groups in total. The minimum Gasteiger partial charge on any atom is -0.399 e. The van der Waals surface area contributed by atoms with Crippen molar-refractivity contribution < 1.29 is 0 Å². The first-order chi connectivity index (χ1) is 9.15. The molecule has 1 aromatic carbocycles. The van der Waals surface area contributed by atoms with E-state index in [-0.39, 0.29) is 0 Å². The van der Waals surface area contributed by atoms with Crippen molar-refractivity contribution >= 4 is 22.3 Å². The molecule has 98 valence electrons. The summed E-state index contributed by atoms with van der Waals surface area (Å²) in [5.41, 5.74) is 9.63. The van der Waals surface area contributed by atoms with Crippen LogP contribution < -0.4 is 10.6 Å². The largest absolute Gasteiger partial charge is 0.399 e. The number of benzene rings is 1. The second-order valence-corrected chi connectivity index (χ2v) is 4.55. The van der Waals surface area contributed by atoms with Crippen molar-refractivity contribution in [1.29, 1.82) is 5.26 Å². The number of aromatic nitrogens is 1. The monoisotopic (exact) mass is 254 g/mol. The number of hydrogen-bond donors (Lipinski definition) is 1. The molecule has 0 unspecified atom stereocenters. The number of aryl methyl sites for hydroxylation is 1. The molecule has 0 atom stereocenters. The SMILES string of the molecule is CCN(CCC#N)c1cc(C)nc2ccc(N)cc12. The van der Waals surface area contributed by atoms with E-state index in [0.717, 1.165) is 41.1 Å². The van der Waals surface area contributed by atoms with Gasteiger partial charge in [0.2, 0.25) is 0 Å². The van der Waals surface area contributed by atoms with Gasteiger partial charge in [0, 0.05) is 35.5 Å². The zero-order valence-electron chi connectivity index (χ0n) is 11.3. The summed E-state index contributed by atoms with van der Waals surface area (Å²) in [5.74, 6) is 0. The Morgan fingerprint density at radius 1 is 1.37 bits per heavy atom. The molecule has 0 aliphatic rings. The van der Waals surface area contributed by atoms with Gasteiger partial charge in [0.05, 0.1) is 18.0 Å². The number of nitrogen functional groups attached to an aromatic ring is 1. The number of nitriles is 1. The van der Waals surface area contributed by atoms with E-state index >= 15 is 0 Å². The van der Waals surface area contributed by atoms with Crippen molar-refractivity contribution in [2.75, 3.05) is 23.7 Å². The average molecular weight is 254 g/mol. The third kappa shape index (κ3) is 2.76. The molecule has 0 bridgehead atoms. The van der Waals surface area contributed by atoms with E-state index < -0.39 is 0 Å². The molecular weight excluding hydrogens is 236 g/mol. The van der Waals surface area contributed by atoms with Gasteiger partial charge in [-0.05, 0) is 38.1 Å². The van der Waals surface area contributed by atoms with Crippen LogP contribution in [0.4, 0.5) is 11.4 Å². The number of rotatable bonds is 4. The number of anilines is 2. The Labute approximate surface area is 113 Å². The summed E-state index contributed by atoms with van der Waals surface area (Å²) in [4.78, 5) is 6.72. The highest BCUT2D eigenvalue weighted by molar-refractivity contribution is 5.94. The molecule has 4 heteroatoms. The second-order valence-electron chi connectivity index (χ2n) is 4.55. The van der Waals surface area contributed by atoms with Crippen molar-refractivity contribution in [3.63, 3.8) is 0 Å². The summed E-state index contributed by atoms with van der Waals surface area (Å²) in [5, 5.41) is 9.81. The number of nitrogens with two attached hydrogens (primary N) is 1. The number of nitrogens with zero attached hydrogens (tertiary/aromatic N) is 3. The number of fused-ring (bicyclic) bond motifs is 1. The van der Waals surface area contributed by atoms with Crippen molar-refractivity contribution in [1.82, 2.24) is 4.98 Å². The fraction of sp³-hybridized carbons (Fsp3) is 0.333. The molecule has 0 aliphatic carbocycles. The van der Waals surface area contributed by atoms with Gasteiger partial charge in [0.25, 0.3) is 0 Å². The first-order valence-corrected chi connectivity index (χ1v) is 6.44. The maximum Gasteiger partial charge on any atom is 0.0727 e. The van der Waals surface area contributed by atoms with Gasteiger partial charge in [0.15, 0.2) is 0 Å². The van der Waals surface area contributed by atoms with Crippen LogP contribution >= 0.6 is 0 Å². The van der Waals surface area contributed by atoms with Gasteiger partial charge in [-0.2, -0.15) is 5.26 Å². The minimum absolute atomic E-state index is 0.513. The van der Waals surface area contributed by atoms with Crippen molar-refractivity contribution in [3.8, 4) is 6.07 Å². The number of pyridine rings is 1. The minimum atomic E-state index is 0.513. The van der Waals surface area contributed by atoms with E-state index in [1.54, 1.807) is 0 Å². The van der Waals surface area contributed by atoms with Crippen molar-refractivity contribution in [3.05, 3.63) is 30.0 Å². The zero-order chi connectivity index (χ0) is 13.8. The maximum absolute atomic E-state index is 8.76. The van der Waals surface area contributed by atoms with Gasteiger partial charge in [-0.15, -0.1) is 0 Å². The molecule has 0 spiro atoms. The molecular formula is C15H18N4. The molecule has 0 amide bonds. The highest BCUT2D eigenvalue weighted by atomic mass is 15.1. The van der Waals surface area contributed by atoms with Gasteiger partial charge in [-0.1, -0.05) is 0 Å². The predicted molar refractivity (Wildman–Crippen MR) is 79.0 cm³/mol. The topological polar surface area (TPSA) is 65.9 Å². The fourth-order valence-electron chi connectivity index (χ4n) is 2.25. The lowest BCUT2D eigenvalue weighted by Crippen LogP contribution is -2.24. The Kier molecular flexibility index (Phi) is 3.86. The van der Waals surface area contributed by atoms with Crippen LogP contribution in [0.2, 0.25) is 0 Å². The maximum atomic E-state index is 8.76. The standard InChI is InChI=1S/C15H18N4/c1-3-19(8-4-7-16)15-9-11(2)18-14-6-5-12(17)10-13(14)15/h5-6,9-10H,3-4,8,17H2,1-2H3. The Morgan fingerprint density at radius 3 is 2.84 bits per heavy atom. The molecule has 2 rings (SSSR count). The van der Waals surface area contributed by atoms with Gasteiger partial charge in [-0.3, -0.25) is 4.98 Å². The molecule has 2 aromatic rings. The smallest absolute Gasteiger partial charge is 0.0727 e. The van der Waals surface area contributed by atoms with Crippen LogP contribution in [0.1, 0.15) is 19.0 Å². The van der Waals surface area contributed by atoms with E-state index in [1.165, 1.54) is 0 Å². The quantitative estimate of drug-likeness (QED) is 0.852. The third-order valence-electron chi connectivity index (χ3n) is 3.15. The molecule has 1 heterocycles. The van der Waals surface area contributed by atoms with Crippen LogP contribution in [0.15, 0.2) is 24.3 Å². The van der Waals surface area contributed by atoms with Crippen LogP contribution in [0.3, 0.4) is 0 Å². The van der Waals surface area contributed by atoms with Crippen molar-refractivity contribution in [2.24, 2.45) is 0 Å². The van der Waals surface area contributed by atoms with E-state index in [1.807, 2.05) is 25.1 Å². The lowest BCUT2D eigenvalue weighted by atomic mass is 10.1. The second kappa shape index (κ2) is 5.57. The van der Waals surface area contributed by atoms with E-state index in [9.17, 15) is 0 Å². The highest BCUT2D eigenvalue weighted by Gasteiger charge is 2.10. The van der Waals surface area contributed by atoms with Crippen LogP contribution in [-0.4, -0.2) is 18.1 Å². The molecule has 0 saturated heterocycles.